The van der Waals surface area contributed by atoms with E-state index in [-0.39, 0.29) is 6.29 Å². The van der Waals surface area contributed by atoms with Gasteiger partial charge in [-0.3, -0.25) is 0 Å². The van der Waals surface area contributed by atoms with Gasteiger partial charge in [-0.15, -0.1) is 0 Å². The molecule has 0 radical (unpaired) electrons. The minimum Gasteiger partial charge on any atom is -0.356 e. The molecule has 2 aromatic rings. The van der Waals surface area contributed by atoms with Gasteiger partial charge in [0.1, 0.15) is 0 Å². The van der Waals surface area contributed by atoms with Gasteiger partial charge in [-0.1, -0.05) is 18.2 Å². The van der Waals surface area contributed by atoms with Crippen LogP contribution in [0.1, 0.15) is 6.92 Å². The molecule has 0 saturated carbocycles. The van der Waals surface area contributed by atoms with Gasteiger partial charge in [-0.25, -0.2) is 0 Å². The number of fused-ring (bicyclic) bond motifs is 1. The molecule has 1 atom stereocenters. The van der Waals surface area contributed by atoms with E-state index in [2.05, 4.69) is 41.1 Å². The third-order valence-corrected chi connectivity index (χ3v) is 2.70. The Kier molecular flexibility index (Phi) is 3.59. The van der Waals surface area contributed by atoms with Gasteiger partial charge in [0.25, 0.3) is 0 Å². The van der Waals surface area contributed by atoms with Crippen LogP contribution in [0.25, 0.3) is 10.9 Å². The normalized spacial score (nSPS) is 13.1. The Labute approximate surface area is 95.6 Å². The number of nitrogens with zero attached hydrogens (tertiary/aromatic N) is 1. The average Bonchev–Trinajstić information content (AvgIpc) is 2.73. The summed E-state index contributed by atoms with van der Waals surface area (Å²) in [6.45, 7) is 3.41. The van der Waals surface area contributed by atoms with E-state index in [4.69, 9.17) is 9.47 Å². The number of methoxy groups -OCH3 is 1. The van der Waals surface area contributed by atoms with Crippen LogP contribution in [0.4, 0.5) is 0 Å². The summed E-state index contributed by atoms with van der Waals surface area (Å²) in [5.74, 6) is 0. The fourth-order valence-electron chi connectivity index (χ4n) is 1.72. The Morgan fingerprint density at radius 3 is 2.88 bits per heavy atom. The van der Waals surface area contributed by atoms with Crippen LogP contribution in [-0.4, -0.2) is 24.6 Å². The first-order chi connectivity index (χ1) is 7.81. The molecule has 0 spiro atoms. The molecular formula is C13H17NO2. The molecule has 0 aliphatic carbocycles. The Morgan fingerprint density at radius 1 is 1.25 bits per heavy atom. The summed E-state index contributed by atoms with van der Waals surface area (Å²) >= 11 is 0. The number of ether oxygens (including phenoxy) is 2. The van der Waals surface area contributed by atoms with Gasteiger partial charge in [0.05, 0.1) is 6.61 Å². The Morgan fingerprint density at radius 2 is 2.06 bits per heavy atom. The molecular weight excluding hydrogens is 202 g/mol. The van der Waals surface area contributed by atoms with Gasteiger partial charge in [-0.2, -0.15) is 0 Å². The second kappa shape index (κ2) is 5.14. The van der Waals surface area contributed by atoms with Crippen molar-refractivity contribution in [2.75, 3.05) is 13.7 Å². The zero-order chi connectivity index (χ0) is 11.4. The molecule has 0 bridgehead atoms. The van der Waals surface area contributed by atoms with E-state index in [0.717, 1.165) is 6.54 Å². The van der Waals surface area contributed by atoms with Gasteiger partial charge in [0, 0.05) is 25.4 Å². The van der Waals surface area contributed by atoms with Gasteiger partial charge in [0.2, 0.25) is 0 Å². The molecule has 1 heterocycles. The van der Waals surface area contributed by atoms with E-state index >= 15 is 0 Å². The minimum absolute atomic E-state index is 0.137. The molecule has 0 aliphatic heterocycles. The number of rotatable bonds is 5. The first-order valence-electron chi connectivity index (χ1n) is 5.49. The maximum absolute atomic E-state index is 5.47. The summed E-state index contributed by atoms with van der Waals surface area (Å²) in [4.78, 5) is 0. The number of aromatic nitrogens is 1. The van der Waals surface area contributed by atoms with Gasteiger partial charge < -0.3 is 14.0 Å². The smallest absolute Gasteiger partial charge is 0.154 e. The van der Waals surface area contributed by atoms with E-state index in [1.54, 1.807) is 7.11 Å². The van der Waals surface area contributed by atoms with E-state index < -0.39 is 0 Å². The highest BCUT2D eigenvalue weighted by atomic mass is 16.7. The maximum atomic E-state index is 5.47. The summed E-state index contributed by atoms with van der Waals surface area (Å²) in [5.41, 5.74) is 1.25. The van der Waals surface area contributed by atoms with Crippen LogP contribution in [0.5, 0.6) is 0 Å². The molecule has 0 saturated heterocycles. The molecule has 16 heavy (non-hydrogen) atoms. The van der Waals surface area contributed by atoms with Crippen LogP contribution in [0.2, 0.25) is 0 Å². The first-order valence-corrected chi connectivity index (χ1v) is 5.49. The summed E-state index contributed by atoms with van der Waals surface area (Å²) in [7, 11) is 1.65. The van der Waals surface area contributed by atoms with Crippen molar-refractivity contribution in [3.05, 3.63) is 36.5 Å². The van der Waals surface area contributed by atoms with Crippen molar-refractivity contribution in [1.82, 2.24) is 4.57 Å². The second-order valence-corrected chi connectivity index (χ2v) is 3.74. The average molecular weight is 219 g/mol. The molecule has 0 N–H and O–H groups in total. The highest BCUT2D eigenvalue weighted by Gasteiger charge is 2.01. The third kappa shape index (κ3) is 2.43. The van der Waals surface area contributed by atoms with Crippen molar-refractivity contribution in [2.45, 2.75) is 19.8 Å². The van der Waals surface area contributed by atoms with E-state index in [1.807, 2.05) is 6.92 Å². The molecule has 0 amide bonds. The van der Waals surface area contributed by atoms with Gasteiger partial charge in [-0.05, 0) is 24.4 Å². The lowest BCUT2D eigenvalue weighted by atomic mass is 10.2. The van der Waals surface area contributed by atoms with Crippen molar-refractivity contribution in [2.24, 2.45) is 0 Å². The van der Waals surface area contributed by atoms with Gasteiger partial charge in [0.15, 0.2) is 6.29 Å². The van der Waals surface area contributed by atoms with Crippen molar-refractivity contribution in [3.63, 3.8) is 0 Å². The monoisotopic (exact) mass is 219 g/mol. The molecule has 1 unspecified atom stereocenters. The number of para-hydroxylation sites is 1. The van der Waals surface area contributed by atoms with Gasteiger partial charge >= 0.3 is 0 Å². The standard InChI is InChI=1S/C13H17NO2/c1-11(15-2)16-10-9-14-8-7-12-5-3-4-6-13(12)14/h3-8,11H,9-10H2,1-2H3. The van der Waals surface area contributed by atoms with Crippen molar-refractivity contribution >= 4 is 10.9 Å². The molecule has 86 valence electrons. The van der Waals surface area contributed by atoms with Crippen LogP contribution < -0.4 is 0 Å². The lowest BCUT2D eigenvalue weighted by molar-refractivity contribution is -0.112. The fraction of sp³-hybridized carbons (Fsp3) is 0.385. The second-order valence-electron chi connectivity index (χ2n) is 3.74. The molecule has 2 rings (SSSR count). The molecule has 3 nitrogen and oxygen atoms in total. The van der Waals surface area contributed by atoms with Crippen LogP contribution in [0, 0.1) is 0 Å². The molecule has 1 aromatic carbocycles. The predicted octanol–water partition coefficient (Wildman–Crippen LogP) is 2.65. The Balaban J connectivity index is 1.99. The minimum atomic E-state index is -0.137. The third-order valence-electron chi connectivity index (χ3n) is 2.70. The first kappa shape index (κ1) is 11.2. The lowest BCUT2D eigenvalue weighted by Gasteiger charge is -2.11. The van der Waals surface area contributed by atoms with Crippen molar-refractivity contribution in [1.29, 1.82) is 0 Å². The molecule has 0 fully saturated rings. The summed E-state index contributed by atoms with van der Waals surface area (Å²) < 4.78 is 12.7. The van der Waals surface area contributed by atoms with Crippen molar-refractivity contribution < 1.29 is 9.47 Å². The van der Waals surface area contributed by atoms with E-state index in [0.29, 0.717) is 6.61 Å². The SMILES string of the molecule is COC(C)OCCn1ccc2ccccc21. The highest BCUT2D eigenvalue weighted by molar-refractivity contribution is 5.79. The summed E-state index contributed by atoms with van der Waals surface area (Å²) in [6.07, 6.45) is 1.95. The number of hydrogen-bond donors (Lipinski definition) is 0. The predicted molar refractivity (Wildman–Crippen MR) is 64.4 cm³/mol. The topological polar surface area (TPSA) is 23.4 Å². The summed E-state index contributed by atoms with van der Waals surface area (Å²) in [6, 6.07) is 10.5. The zero-order valence-corrected chi connectivity index (χ0v) is 9.72. The van der Waals surface area contributed by atoms with Crippen molar-refractivity contribution in [3.8, 4) is 0 Å². The van der Waals surface area contributed by atoms with E-state index in [9.17, 15) is 0 Å². The molecule has 3 heteroatoms. The number of hydrogen-bond acceptors (Lipinski definition) is 2. The Bertz CT molecular complexity index is 450. The molecule has 1 aromatic heterocycles. The highest BCUT2D eigenvalue weighted by Crippen LogP contribution is 2.14. The quantitative estimate of drug-likeness (QED) is 0.722. The van der Waals surface area contributed by atoms with Crippen LogP contribution in [0.15, 0.2) is 36.5 Å². The maximum Gasteiger partial charge on any atom is 0.154 e. The van der Waals surface area contributed by atoms with Crippen LogP contribution >= 0.6 is 0 Å². The lowest BCUT2D eigenvalue weighted by Crippen LogP contribution is -2.14. The largest absolute Gasteiger partial charge is 0.356 e. The van der Waals surface area contributed by atoms with Crippen LogP contribution in [0.3, 0.4) is 0 Å². The Hall–Kier alpha value is -1.32. The number of benzene rings is 1. The van der Waals surface area contributed by atoms with E-state index in [1.165, 1.54) is 10.9 Å². The van der Waals surface area contributed by atoms with Crippen LogP contribution in [-0.2, 0) is 16.0 Å². The molecule has 0 aliphatic rings. The fourth-order valence-corrected chi connectivity index (χ4v) is 1.72. The zero-order valence-electron chi connectivity index (χ0n) is 9.72. The summed E-state index contributed by atoms with van der Waals surface area (Å²) in [5, 5.41) is 1.27.